The smallest absolute Gasteiger partial charge is 0.255 e. The Bertz CT molecular complexity index is 1250. The lowest BCUT2D eigenvalue weighted by atomic mass is 10.2. The molecule has 162 valence electrons. The zero-order valence-electron chi connectivity index (χ0n) is 17.9. The van der Waals surface area contributed by atoms with Crippen LogP contribution in [0.15, 0.2) is 59.3 Å². The van der Waals surface area contributed by atoms with Crippen molar-refractivity contribution < 1.29 is 14.1 Å². The highest BCUT2D eigenvalue weighted by Gasteiger charge is 2.29. The van der Waals surface area contributed by atoms with Crippen LogP contribution < -0.4 is 10.1 Å². The molecule has 1 saturated carbocycles. The van der Waals surface area contributed by atoms with Gasteiger partial charge in [-0.2, -0.15) is 10.1 Å². The Hall–Kier alpha value is -3.94. The monoisotopic (exact) mass is 429 g/mol. The number of nitrogens with one attached hydrogen (secondary N) is 1. The number of rotatable bonds is 7. The lowest BCUT2D eigenvalue weighted by Gasteiger charge is -2.09. The predicted molar refractivity (Wildman–Crippen MR) is 118 cm³/mol. The van der Waals surface area contributed by atoms with Gasteiger partial charge < -0.3 is 14.6 Å². The van der Waals surface area contributed by atoms with Crippen LogP contribution in [0, 0.1) is 6.92 Å². The number of methoxy groups -OCH3 is 1. The van der Waals surface area contributed by atoms with Crippen molar-refractivity contribution >= 4 is 5.91 Å². The SMILES string of the molecule is COc1ccccc1CNC(=O)c1cn(-c2ccc(-c3noc(C4CC4)n3)cc2)nc1C. The zero-order valence-corrected chi connectivity index (χ0v) is 17.9. The first-order valence-electron chi connectivity index (χ1n) is 10.5. The normalized spacial score (nSPS) is 13.2. The van der Waals surface area contributed by atoms with Gasteiger partial charge in [0.25, 0.3) is 5.91 Å². The highest BCUT2D eigenvalue weighted by molar-refractivity contribution is 5.95. The van der Waals surface area contributed by atoms with Crippen LogP contribution in [-0.2, 0) is 6.54 Å². The molecule has 0 radical (unpaired) electrons. The van der Waals surface area contributed by atoms with Crippen molar-refractivity contribution in [1.29, 1.82) is 0 Å². The lowest BCUT2D eigenvalue weighted by Crippen LogP contribution is -2.23. The van der Waals surface area contributed by atoms with Crippen LogP contribution in [0.1, 0.15) is 46.3 Å². The van der Waals surface area contributed by atoms with Crippen molar-refractivity contribution in [2.45, 2.75) is 32.2 Å². The number of aromatic nitrogens is 4. The number of carbonyl (C=O) groups excluding carboxylic acids is 1. The minimum absolute atomic E-state index is 0.185. The van der Waals surface area contributed by atoms with Gasteiger partial charge in [-0.3, -0.25) is 4.79 Å². The van der Waals surface area contributed by atoms with Gasteiger partial charge in [-0.1, -0.05) is 23.4 Å². The summed E-state index contributed by atoms with van der Waals surface area (Å²) in [4.78, 5) is 17.2. The summed E-state index contributed by atoms with van der Waals surface area (Å²) in [5.41, 5.74) is 3.81. The standard InChI is InChI=1S/C24H23N5O3/c1-15-20(23(30)25-13-18-5-3-4-6-21(18)31-2)14-29(27-15)19-11-9-16(10-12-19)22-26-24(32-28-22)17-7-8-17/h3-6,9-12,14,17H,7-8,13H2,1-2H3,(H,25,30). The fourth-order valence-electron chi connectivity index (χ4n) is 3.55. The third-order valence-corrected chi connectivity index (χ3v) is 5.53. The number of aryl methyl sites for hydroxylation is 1. The molecule has 5 rings (SSSR count). The van der Waals surface area contributed by atoms with Gasteiger partial charge in [-0.25, -0.2) is 4.68 Å². The largest absolute Gasteiger partial charge is 0.496 e. The van der Waals surface area contributed by atoms with Crippen LogP contribution in [0.5, 0.6) is 5.75 Å². The summed E-state index contributed by atoms with van der Waals surface area (Å²) in [5.74, 6) is 2.29. The number of para-hydroxylation sites is 1. The molecule has 0 aliphatic heterocycles. The van der Waals surface area contributed by atoms with E-state index in [1.54, 1.807) is 18.0 Å². The van der Waals surface area contributed by atoms with Crippen LogP contribution in [0.3, 0.4) is 0 Å². The van der Waals surface area contributed by atoms with Gasteiger partial charge in [0.1, 0.15) is 5.75 Å². The van der Waals surface area contributed by atoms with Crippen molar-refractivity contribution in [3.8, 4) is 22.8 Å². The third-order valence-electron chi connectivity index (χ3n) is 5.53. The molecule has 2 aromatic heterocycles. The predicted octanol–water partition coefficient (Wildman–Crippen LogP) is 4.05. The van der Waals surface area contributed by atoms with Crippen molar-refractivity contribution in [2.75, 3.05) is 7.11 Å². The molecule has 4 aromatic rings. The van der Waals surface area contributed by atoms with E-state index in [0.29, 0.717) is 29.5 Å². The van der Waals surface area contributed by atoms with E-state index in [0.717, 1.165) is 41.3 Å². The van der Waals surface area contributed by atoms with Gasteiger partial charge in [0, 0.05) is 29.8 Å². The number of benzene rings is 2. The van der Waals surface area contributed by atoms with Gasteiger partial charge >= 0.3 is 0 Å². The molecular weight excluding hydrogens is 406 g/mol. The molecule has 0 atom stereocenters. The molecule has 0 unspecified atom stereocenters. The van der Waals surface area contributed by atoms with E-state index >= 15 is 0 Å². The van der Waals surface area contributed by atoms with E-state index < -0.39 is 0 Å². The van der Waals surface area contributed by atoms with E-state index in [2.05, 4.69) is 20.6 Å². The number of ether oxygens (including phenoxy) is 1. The van der Waals surface area contributed by atoms with Crippen LogP contribution in [0.4, 0.5) is 0 Å². The molecule has 8 heteroatoms. The molecule has 1 aliphatic carbocycles. The van der Waals surface area contributed by atoms with Gasteiger partial charge in [0.2, 0.25) is 11.7 Å². The molecule has 1 N–H and O–H groups in total. The van der Waals surface area contributed by atoms with Crippen molar-refractivity contribution in [3.05, 3.63) is 77.4 Å². The topological polar surface area (TPSA) is 95.1 Å². The second-order valence-corrected chi connectivity index (χ2v) is 7.84. The number of amides is 1. The van der Waals surface area contributed by atoms with E-state index in [1.165, 1.54) is 0 Å². The minimum atomic E-state index is -0.185. The van der Waals surface area contributed by atoms with Crippen molar-refractivity contribution in [2.24, 2.45) is 0 Å². The second-order valence-electron chi connectivity index (χ2n) is 7.84. The molecule has 1 aliphatic rings. The van der Waals surface area contributed by atoms with Gasteiger partial charge in [-0.15, -0.1) is 0 Å². The molecule has 0 bridgehead atoms. The third kappa shape index (κ3) is 3.99. The summed E-state index contributed by atoms with van der Waals surface area (Å²) < 4.78 is 12.4. The Labute approximate surface area is 185 Å². The Morgan fingerprint density at radius 2 is 1.97 bits per heavy atom. The first-order valence-corrected chi connectivity index (χ1v) is 10.5. The highest BCUT2D eigenvalue weighted by atomic mass is 16.5. The maximum atomic E-state index is 12.8. The zero-order chi connectivity index (χ0) is 22.1. The summed E-state index contributed by atoms with van der Waals surface area (Å²) in [6.07, 6.45) is 3.98. The maximum Gasteiger partial charge on any atom is 0.255 e. The average Bonchev–Trinajstić information content (AvgIpc) is 3.42. The molecule has 0 saturated heterocycles. The molecule has 2 heterocycles. The van der Waals surface area contributed by atoms with E-state index in [4.69, 9.17) is 9.26 Å². The number of nitrogens with zero attached hydrogens (tertiary/aromatic N) is 4. The Morgan fingerprint density at radius 3 is 2.72 bits per heavy atom. The maximum absolute atomic E-state index is 12.8. The van der Waals surface area contributed by atoms with Crippen LogP contribution in [-0.4, -0.2) is 32.9 Å². The first kappa shape index (κ1) is 20.0. The summed E-state index contributed by atoms with van der Waals surface area (Å²) in [7, 11) is 1.62. The summed E-state index contributed by atoms with van der Waals surface area (Å²) in [6, 6.07) is 15.3. The van der Waals surface area contributed by atoms with E-state index in [-0.39, 0.29) is 5.91 Å². The van der Waals surface area contributed by atoms with Gasteiger partial charge in [-0.05, 0) is 50.1 Å². The van der Waals surface area contributed by atoms with Gasteiger partial charge in [0.15, 0.2) is 0 Å². The molecule has 0 spiro atoms. The summed E-state index contributed by atoms with van der Waals surface area (Å²) in [6.45, 7) is 2.19. The molecule has 8 nitrogen and oxygen atoms in total. The Balaban J connectivity index is 1.29. The first-order chi connectivity index (χ1) is 15.6. The molecule has 32 heavy (non-hydrogen) atoms. The second kappa shape index (κ2) is 8.30. The van der Waals surface area contributed by atoms with Crippen LogP contribution in [0.2, 0.25) is 0 Å². The number of hydrogen-bond acceptors (Lipinski definition) is 6. The molecule has 1 amide bonds. The summed E-state index contributed by atoms with van der Waals surface area (Å²) in [5, 5.41) is 11.5. The van der Waals surface area contributed by atoms with Crippen molar-refractivity contribution in [3.63, 3.8) is 0 Å². The van der Waals surface area contributed by atoms with Crippen LogP contribution >= 0.6 is 0 Å². The number of hydrogen-bond donors (Lipinski definition) is 1. The molecular formula is C24H23N5O3. The minimum Gasteiger partial charge on any atom is -0.496 e. The highest BCUT2D eigenvalue weighted by Crippen LogP contribution is 2.39. The van der Waals surface area contributed by atoms with E-state index in [9.17, 15) is 4.79 Å². The fourth-order valence-corrected chi connectivity index (χ4v) is 3.55. The van der Waals surface area contributed by atoms with Crippen molar-refractivity contribution in [1.82, 2.24) is 25.2 Å². The quantitative estimate of drug-likeness (QED) is 0.476. The molecule has 2 aromatic carbocycles. The Morgan fingerprint density at radius 1 is 1.19 bits per heavy atom. The van der Waals surface area contributed by atoms with E-state index in [1.807, 2.05) is 55.5 Å². The number of carbonyl (C=O) groups is 1. The average molecular weight is 429 g/mol. The van der Waals surface area contributed by atoms with Crippen LogP contribution in [0.25, 0.3) is 17.1 Å². The summed E-state index contributed by atoms with van der Waals surface area (Å²) >= 11 is 0. The molecule has 1 fully saturated rings. The van der Waals surface area contributed by atoms with Gasteiger partial charge in [0.05, 0.1) is 24.1 Å². The fraction of sp³-hybridized carbons (Fsp3) is 0.250. The Kier molecular flexibility index (Phi) is 5.18. The lowest BCUT2D eigenvalue weighted by molar-refractivity contribution is 0.0950.